The Morgan fingerprint density at radius 3 is 1.80 bits per heavy atom. The van der Waals surface area contributed by atoms with E-state index < -0.39 is 8.60 Å². The lowest BCUT2D eigenvalue weighted by Crippen LogP contribution is -2.42. The number of hydrogen-bond acceptors (Lipinski definition) is 3. The van der Waals surface area contributed by atoms with Crippen LogP contribution in [0.4, 0.5) is 0 Å². The standard InChI is InChI=1S/C20H39O3P.B/c1-13(2)15-11-10-14(3)12-16(15)21-24-22-17(19(4,5)6)18(23-24)20(7,8)9;/h13-18H,10-12H2,1-9H3;/t14-,15+,16-,17-,18-;/m1./s1. The Morgan fingerprint density at radius 2 is 1.40 bits per heavy atom. The largest absolute Gasteiger partial charge is 0.333 e. The van der Waals surface area contributed by atoms with E-state index in [0.717, 1.165) is 12.3 Å². The predicted molar refractivity (Wildman–Crippen MR) is 108 cm³/mol. The third-order valence-corrected chi connectivity index (χ3v) is 6.81. The molecule has 3 radical (unpaired) electrons. The van der Waals surface area contributed by atoms with Gasteiger partial charge in [0.25, 0.3) is 0 Å². The second-order valence-corrected chi connectivity index (χ2v) is 11.6. The zero-order chi connectivity index (χ0) is 18.3. The van der Waals surface area contributed by atoms with Gasteiger partial charge >= 0.3 is 8.60 Å². The summed E-state index contributed by atoms with van der Waals surface area (Å²) in [5.74, 6) is 2.01. The van der Waals surface area contributed by atoms with E-state index in [4.69, 9.17) is 13.6 Å². The molecule has 0 aromatic rings. The highest BCUT2D eigenvalue weighted by Gasteiger charge is 2.50. The summed E-state index contributed by atoms with van der Waals surface area (Å²) in [6.45, 7) is 20.4. The first kappa shape index (κ1) is 23.4. The van der Waals surface area contributed by atoms with Gasteiger partial charge in [-0.2, -0.15) is 0 Å². The van der Waals surface area contributed by atoms with Crippen LogP contribution in [0, 0.1) is 28.6 Å². The first-order valence-electron chi connectivity index (χ1n) is 9.70. The fourth-order valence-corrected chi connectivity index (χ4v) is 5.78. The molecule has 1 saturated heterocycles. The Bertz CT molecular complexity index is 394. The zero-order valence-corrected chi connectivity index (χ0v) is 18.7. The van der Waals surface area contributed by atoms with E-state index >= 15 is 0 Å². The van der Waals surface area contributed by atoms with Crippen molar-refractivity contribution in [2.45, 2.75) is 99.9 Å². The molecule has 1 aliphatic heterocycles. The molecule has 5 atom stereocenters. The molecule has 3 nitrogen and oxygen atoms in total. The molecule has 0 N–H and O–H groups in total. The van der Waals surface area contributed by atoms with Gasteiger partial charge in [-0.1, -0.05) is 68.7 Å². The minimum Gasteiger partial charge on any atom is -0.309 e. The van der Waals surface area contributed by atoms with E-state index in [-0.39, 0.29) is 37.6 Å². The van der Waals surface area contributed by atoms with Gasteiger partial charge in [-0.25, -0.2) is 0 Å². The maximum atomic E-state index is 6.47. The number of hydrogen-bond donors (Lipinski definition) is 0. The minimum absolute atomic E-state index is 0. The fraction of sp³-hybridized carbons (Fsp3) is 1.00. The Kier molecular flexibility index (Phi) is 8.05. The molecule has 25 heavy (non-hydrogen) atoms. The third kappa shape index (κ3) is 5.93. The molecular formula is C20H39BO3P. The van der Waals surface area contributed by atoms with Crippen molar-refractivity contribution < 1.29 is 13.6 Å². The molecule has 0 unspecified atom stereocenters. The molecular weight excluding hydrogens is 330 g/mol. The van der Waals surface area contributed by atoms with Crippen LogP contribution in [0.3, 0.4) is 0 Å². The predicted octanol–water partition coefficient (Wildman–Crippen LogP) is 6.19. The molecule has 0 spiro atoms. The van der Waals surface area contributed by atoms with Crippen molar-refractivity contribution in [2.24, 2.45) is 28.6 Å². The lowest BCUT2D eigenvalue weighted by atomic mass is 9.75. The SMILES string of the molecule is CC(C)[C@@H]1CC[C@@H](C)C[C@H]1OP1O[C@@H](C(C)(C)C)[C@H](C(C)(C)C)O1.[B]. The van der Waals surface area contributed by atoms with Gasteiger partial charge in [0.15, 0.2) is 0 Å². The first-order chi connectivity index (χ1) is 10.9. The van der Waals surface area contributed by atoms with Crippen LogP contribution >= 0.6 is 8.60 Å². The number of rotatable bonds is 3. The van der Waals surface area contributed by atoms with Crippen molar-refractivity contribution in [3.63, 3.8) is 0 Å². The van der Waals surface area contributed by atoms with E-state index in [1.807, 2.05) is 0 Å². The molecule has 0 amide bonds. The molecule has 1 heterocycles. The normalized spacial score (nSPS) is 35.0. The zero-order valence-electron chi connectivity index (χ0n) is 17.8. The van der Waals surface area contributed by atoms with Crippen molar-refractivity contribution >= 4 is 17.0 Å². The smallest absolute Gasteiger partial charge is 0.309 e. The van der Waals surface area contributed by atoms with Crippen molar-refractivity contribution in [2.75, 3.05) is 0 Å². The van der Waals surface area contributed by atoms with E-state index in [0.29, 0.717) is 11.8 Å². The van der Waals surface area contributed by atoms with Gasteiger partial charge in [0.2, 0.25) is 0 Å². The van der Waals surface area contributed by atoms with Crippen LogP contribution in [0.15, 0.2) is 0 Å². The summed E-state index contributed by atoms with van der Waals surface area (Å²) in [5.41, 5.74) is 0.103. The van der Waals surface area contributed by atoms with Crippen molar-refractivity contribution in [3.8, 4) is 0 Å². The molecule has 145 valence electrons. The summed E-state index contributed by atoms with van der Waals surface area (Å²) in [7, 11) is -1.25. The van der Waals surface area contributed by atoms with Gasteiger partial charge in [-0.05, 0) is 41.4 Å². The second kappa shape index (κ2) is 8.59. The fourth-order valence-electron chi connectivity index (χ4n) is 3.94. The average Bonchev–Trinajstić information content (AvgIpc) is 2.82. The van der Waals surface area contributed by atoms with Gasteiger partial charge in [-0.15, -0.1) is 0 Å². The van der Waals surface area contributed by atoms with Gasteiger partial charge < -0.3 is 13.6 Å². The second-order valence-electron chi connectivity index (χ2n) is 10.5. The highest BCUT2D eigenvalue weighted by molar-refractivity contribution is 7.42. The van der Waals surface area contributed by atoms with E-state index in [1.165, 1.54) is 12.8 Å². The third-order valence-electron chi connectivity index (χ3n) is 5.56. The van der Waals surface area contributed by atoms with Crippen LogP contribution in [0.2, 0.25) is 0 Å². The summed E-state index contributed by atoms with van der Waals surface area (Å²) < 4.78 is 19.2. The van der Waals surface area contributed by atoms with Crippen molar-refractivity contribution in [3.05, 3.63) is 0 Å². The molecule has 0 aromatic heterocycles. The maximum absolute atomic E-state index is 6.47. The maximum Gasteiger partial charge on any atom is 0.333 e. The minimum atomic E-state index is -1.25. The molecule has 5 heteroatoms. The van der Waals surface area contributed by atoms with Crippen molar-refractivity contribution in [1.82, 2.24) is 0 Å². The summed E-state index contributed by atoms with van der Waals surface area (Å²) in [6, 6.07) is 0. The molecule has 0 bridgehead atoms. The summed E-state index contributed by atoms with van der Waals surface area (Å²) in [5, 5.41) is 0. The lowest BCUT2D eigenvalue weighted by Gasteiger charge is -2.37. The Hall–Kier alpha value is 0.375. The summed E-state index contributed by atoms with van der Waals surface area (Å²) in [6.07, 6.45) is 4.16. The van der Waals surface area contributed by atoms with Crippen LogP contribution in [-0.2, 0) is 13.6 Å². The summed E-state index contributed by atoms with van der Waals surface area (Å²) >= 11 is 0. The van der Waals surface area contributed by atoms with Crippen LogP contribution < -0.4 is 0 Å². The molecule has 1 aliphatic carbocycles. The Labute approximate surface area is 159 Å². The Balaban J connectivity index is 0.00000312. The van der Waals surface area contributed by atoms with Crippen LogP contribution in [0.25, 0.3) is 0 Å². The van der Waals surface area contributed by atoms with Crippen molar-refractivity contribution in [1.29, 1.82) is 0 Å². The van der Waals surface area contributed by atoms with E-state index in [1.54, 1.807) is 0 Å². The quantitative estimate of drug-likeness (QED) is 0.439. The lowest BCUT2D eigenvalue weighted by molar-refractivity contribution is 0.000876. The van der Waals surface area contributed by atoms with Gasteiger partial charge in [0.1, 0.15) is 0 Å². The molecule has 2 fully saturated rings. The molecule has 2 rings (SSSR count). The van der Waals surface area contributed by atoms with Crippen LogP contribution in [-0.4, -0.2) is 26.7 Å². The molecule has 2 aliphatic rings. The topological polar surface area (TPSA) is 27.7 Å². The van der Waals surface area contributed by atoms with Gasteiger partial charge in [0, 0.05) is 8.41 Å². The Morgan fingerprint density at radius 1 is 0.920 bits per heavy atom. The highest BCUT2D eigenvalue weighted by Crippen LogP contribution is 2.58. The average molecular weight is 369 g/mol. The first-order valence-corrected chi connectivity index (χ1v) is 10.8. The molecule has 0 aromatic carbocycles. The highest BCUT2D eigenvalue weighted by atomic mass is 31.2. The van der Waals surface area contributed by atoms with Gasteiger partial charge in [-0.3, -0.25) is 0 Å². The van der Waals surface area contributed by atoms with E-state index in [9.17, 15) is 0 Å². The van der Waals surface area contributed by atoms with Gasteiger partial charge in [0.05, 0.1) is 18.3 Å². The van der Waals surface area contributed by atoms with E-state index in [2.05, 4.69) is 62.3 Å². The van der Waals surface area contributed by atoms with Crippen LogP contribution in [0.5, 0.6) is 0 Å². The monoisotopic (exact) mass is 369 g/mol. The van der Waals surface area contributed by atoms with Crippen LogP contribution in [0.1, 0.15) is 81.6 Å². The molecule has 1 saturated carbocycles. The summed E-state index contributed by atoms with van der Waals surface area (Å²) in [4.78, 5) is 0.